The zero-order valence-corrected chi connectivity index (χ0v) is 15.2. The molecule has 2 aromatic rings. The first-order valence-electron chi connectivity index (χ1n) is 8.04. The van der Waals surface area contributed by atoms with Crippen LogP contribution in [0.1, 0.15) is 40.9 Å². The molecule has 1 aliphatic carbocycles. The molecule has 25 heavy (non-hydrogen) atoms. The Balaban J connectivity index is 1.80. The SMILES string of the molecule is CC(Sc1ccccc1C(=O)NC1CCc2c(Cl)cccc21)C(=O)O. The number of carboxylic acid groups (broad SMARTS) is 1. The molecule has 0 spiro atoms. The Bertz CT molecular complexity index is 824. The molecule has 0 saturated carbocycles. The number of thioether (sulfide) groups is 1. The fourth-order valence-electron chi connectivity index (χ4n) is 2.99. The van der Waals surface area contributed by atoms with E-state index in [1.807, 2.05) is 18.2 Å². The number of amides is 1. The molecular formula is C19H18ClNO3S. The molecule has 130 valence electrons. The molecule has 2 unspecified atom stereocenters. The minimum Gasteiger partial charge on any atom is -0.480 e. The summed E-state index contributed by atoms with van der Waals surface area (Å²) in [5.74, 6) is -1.10. The highest BCUT2D eigenvalue weighted by Gasteiger charge is 2.27. The van der Waals surface area contributed by atoms with Crippen molar-refractivity contribution in [3.63, 3.8) is 0 Å². The Labute approximate surface area is 155 Å². The first kappa shape index (κ1) is 17.8. The van der Waals surface area contributed by atoms with Gasteiger partial charge in [-0.1, -0.05) is 35.9 Å². The molecular weight excluding hydrogens is 358 g/mol. The van der Waals surface area contributed by atoms with Crippen molar-refractivity contribution >= 4 is 35.2 Å². The summed E-state index contributed by atoms with van der Waals surface area (Å²) in [4.78, 5) is 24.5. The van der Waals surface area contributed by atoms with Crippen molar-refractivity contribution in [2.45, 2.75) is 36.0 Å². The average molecular weight is 376 g/mol. The van der Waals surface area contributed by atoms with E-state index in [0.717, 1.165) is 29.0 Å². The van der Waals surface area contributed by atoms with Crippen molar-refractivity contribution in [3.8, 4) is 0 Å². The van der Waals surface area contributed by atoms with Gasteiger partial charge in [-0.2, -0.15) is 0 Å². The second-order valence-electron chi connectivity index (χ2n) is 5.97. The number of hydrogen-bond acceptors (Lipinski definition) is 3. The van der Waals surface area contributed by atoms with Gasteiger partial charge >= 0.3 is 5.97 Å². The van der Waals surface area contributed by atoms with E-state index in [-0.39, 0.29) is 11.9 Å². The second-order valence-corrected chi connectivity index (χ2v) is 7.76. The van der Waals surface area contributed by atoms with Crippen LogP contribution >= 0.6 is 23.4 Å². The number of benzene rings is 2. The highest BCUT2D eigenvalue weighted by molar-refractivity contribution is 8.00. The molecule has 4 nitrogen and oxygen atoms in total. The van der Waals surface area contributed by atoms with E-state index in [2.05, 4.69) is 5.32 Å². The van der Waals surface area contributed by atoms with Gasteiger partial charge in [-0.3, -0.25) is 9.59 Å². The van der Waals surface area contributed by atoms with Crippen LogP contribution in [0.25, 0.3) is 0 Å². The van der Waals surface area contributed by atoms with Gasteiger partial charge in [0.15, 0.2) is 0 Å². The highest BCUT2D eigenvalue weighted by atomic mass is 35.5. The number of fused-ring (bicyclic) bond motifs is 1. The molecule has 0 aliphatic heterocycles. The minimum absolute atomic E-state index is 0.0730. The van der Waals surface area contributed by atoms with Crippen molar-refractivity contribution in [2.24, 2.45) is 0 Å². The summed E-state index contributed by atoms with van der Waals surface area (Å²) in [6.45, 7) is 1.61. The molecule has 0 saturated heterocycles. The molecule has 2 aromatic carbocycles. The molecule has 3 rings (SSSR count). The van der Waals surface area contributed by atoms with E-state index in [1.54, 1.807) is 31.2 Å². The molecule has 1 amide bonds. The first-order valence-corrected chi connectivity index (χ1v) is 9.29. The molecule has 0 bridgehead atoms. The number of halogens is 1. The summed E-state index contributed by atoms with van der Waals surface area (Å²) in [5.41, 5.74) is 2.65. The third-order valence-corrected chi connectivity index (χ3v) is 5.82. The first-order chi connectivity index (χ1) is 12.0. The van der Waals surface area contributed by atoms with E-state index in [9.17, 15) is 9.59 Å². The van der Waals surface area contributed by atoms with Crippen LogP contribution in [0.4, 0.5) is 0 Å². The molecule has 0 radical (unpaired) electrons. The number of carbonyl (C=O) groups excluding carboxylic acids is 1. The summed E-state index contributed by atoms with van der Waals surface area (Å²) in [6, 6.07) is 12.8. The lowest BCUT2D eigenvalue weighted by Gasteiger charge is -2.16. The summed E-state index contributed by atoms with van der Waals surface area (Å²) in [6.07, 6.45) is 1.65. The molecule has 1 aliphatic rings. The number of nitrogens with one attached hydrogen (secondary N) is 1. The largest absolute Gasteiger partial charge is 0.480 e. The van der Waals surface area contributed by atoms with Gasteiger partial charge in [-0.25, -0.2) is 0 Å². The zero-order valence-electron chi connectivity index (χ0n) is 13.7. The predicted octanol–water partition coefficient (Wildman–Crippen LogP) is 4.32. The van der Waals surface area contributed by atoms with E-state index in [0.29, 0.717) is 10.5 Å². The summed E-state index contributed by atoms with van der Waals surface area (Å²) in [5, 5.41) is 12.3. The van der Waals surface area contributed by atoms with Crippen LogP contribution in [-0.4, -0.2) is 22.2 Å². The Kier molecular flexibility index (Phi) is 5.35. The van der Waals surface area contributed by atoms with Gasteiger partial charge in [-0.15, -0.1) is 11.8 Å². The van der Waals surface area contributed by atoms with Crippen molar-refractivity contribution in [1.29, 1.82) is 0 Å². The highest BCUT2D eigenvalue weighted by Crippen LogP contribution is 2.36. The van der Waals surface area contributed by atoms with Crippen LogP contribution in [0.5, 0.6) is 0 Å². The number of rotatable bonds is 5. The topological polar surface area (TPSA) is 66.4 Å². The van der Waals surface area contributed by atoms with Gasteiger partial charge in [0.2, 0.25) is 0 Å². The van der Waals surface area contributed by atoms with Crippen LogP contribution in [0, 0.1) is 0 Å². The molecule has 6 heteroatoms. The fourth-order valence-corrected chi connectivity index (χ4v) is 4.20. The van der Waals surface area contributed by atoms with Crippen molar-refractivity contribution in [2.75, 3.05) is 0 Å². The number of carbonyl (C=O) groups is 2. The maximum atomic E-state index is 12.8. The summed E-state index contributed by atoms with van der Waals surface area (Å²) in [7, 11) is 0. The van der Waals surface area contributed by atoms with Gasteiger partial charge in [0.1, 0.15) is 5.25 Å². The van der Waals surface area contributed by atoms with Gasteiger partial charge < -0.3 is 10.4 Å². The van der Waals surface area contributed by atoms with Gasteiger partial charge in [0.25, 0.3) is 5.91 Å². The quantitative estimate of drug-likeness (QED) is 0.763. The third-order valence-electron chi connectivity index (χ3n) is 4.30. The monoisotopic (exact) mass is 375 g/mol. The van der Waals surface area contributed by atoms with Gasteiger partial charge in [0, 0.05) is 9.92 Å². The molecule has 2 atom stereocenters. The molecule has 2 N–H and O–H groups in total. The smallest absolute Gasteiger partial charge is 0.316 e. The lowest BCUT2D eigenvalue weighted by molar-refractivity contribution is -0.136. The normalized spacial score (nSPS) is 17.0. The molecule has 0 fully saturated rings. The number of carboxylic acids is 1. The van der Waals surface area contributed by atoms with Crippen LogP contribution in [-0.2, 0) is 11.2 Å². The number of hydrogen-bond donors (Lipinski definition) is 2. The van der Waals surface area contributed by atoms with E-state index < -0.39 is 11.2 Å². The lowest BCUT2D eigenvalue weighted by atomic mass is 10.1. The van der Waals surface area contributed by atoms with Crippen molar-refractivity contribution in [3.05, 3.63) is 64.2 Å². The van der Waals surface area contributed by atoms with Crippen LogP contribution in [0.3, 0.4) is 0 Å². The maximum Gasteiger partial charge on any atom is 0.316 e. The standard InChI is InChI=1S/C19H18ClNO3S/c1-11(19(23)24)25-17-8-3-2-5-14(17)18(22)21-16-10-9-12-13(16)6-4-7-15(12)20/h2-8,11,16H,9-10H2,1H3,(H,21,22)(H,23,24). The third kappa shape index (κ3) is 3.83. The maximum absolute atomic E-state index is 12.8. The Hall–Kier alpha value is -1.98. The summed E-state index contributed by atoms with van der Waals surface area (Å²) >= 11 is 7.40. The van der Waals surface area contributed by atoms with Gasteiger partial charge in [0.05, 0.1) is 11.6 Å². The van der Waals surface area contributed by atoms with Crippen LogP contribution in [0.15, 0.2) is 47.4 Å². The van der Waals surface area contributed by atoms with Gasteiger partial charge in [-0.05, 0) is 49.1 Å². The Morgan fingerprint density at radius 3 is 2.76 bits per heavy atom. The molecule has 0 heterocycles. The average Bonchev–Trinajstić information content (AvgIpc) is 2.99. The minimum atomic E-state index is -0.903. The fraction of sp³-hybridized carbons (Fsp3) is 0.263. The van der Waals surface area contributed by atoms with Crippen LogP contribution in [0.2, 0.25) is 5.02 Å². The van der Waals surface area contributed by atoms with E-state index in [1.165, 1.54) is 11.8 Å². The Morgan fingerprint density at radius 2 is 2.00 bits per heavy atom. The predicted molar refractivity (Wildman–Crippen MR) is 99.4 cm³/mol. The Morgan fingerprint density at radius 1 is 1.24 bits per heavy atom. The van der Waals surface area contributed by atoms with E-state index in [4.69, 9.17) is 16.7 Å². The molecule has 0 aromatic heterocycles. The van der Waals surface area contributed by atoms with E-state index >= 15 is 0 Å². The summed E-state index contributed by atoms with van der Waals surface area (Å²) < 4.78 is 0. The second kappa shape index (κ2) is 7.50. The zero-order chi connectivity index (χ0) is 18.0. The van der Waals surface area contributed by atoms with Crippen molar-refractivity contribution < 1.29 is 14.7 Å². The van der Waals surface area contributed by atoms with Crippen molar-refractivity contribution in [1.82, 2.24) is 5.32 Å². The van der Waals surface area contributed by atoms with Crippen LogP contribution < -0.4 is 5.32 Å². The number of aliphatic carboxylic acids is 1. The lowest BCUT2D eigenvalue weighted by Crippen LogP contribution is -2.27.